The predicted molar refractivity (Wildman–Crippen MR) is 51.2 cm³/mol. The number of nitrogens with zero attached hydrogens (tertiary/aromatic N) is 1. The number of rotatable bonds is 2. The Kier molecular flexibility index (Phi) is 3.09. The van der Waals surface area contributed by atoms with Crippen LogP contribution in [0.3, 0.4) is 0 Å². The summed E-state index contributed by atoms with van der Waals surface area (Å²) in [6, 6.07) is 0. The Balaban J connectivity index is 2.99. The smallest absolute Gasteiger partial charge is 0.119 e. The topological polar surface area (TPSA) is 21.6 Å². The van der Waals surface area contributed by atoms with Gasteiger partial charge in [0.15, 0.2) is 0 Å². The largest absolute Gasteiger partial charge is 0.497 e. The van der Waals surface area contributed by atoms with Gasteiger partial charge < -0.3 is 4.74 Å². The number of methoxy groups -OCH3 is 1. The van der Waals surface area contributed by atoms with E-state index in [0.29, 0.717) is 0 Å². The Morgan fingerprint density at radius 3 is 2.92 bits per heavy atom. The first-order valence-corrected chi connectivity index (χ1v) is 4.26. The van der Waals surface area contributed by atoms with E-state index >= 15 is 0 Å². The molecule has 66 valence electrons. The van der Waals surface area contributed by atoms with E-state index in [0.717, 1.165) is 29.9 Å². The Hall–Kier alpha value is -1.05. The van der Waals surface area contributed by atoms with E-state index in [1.165, 1.54) is 0 Å². The maximum absolute atomic E-state index is 5.24. The molecule has 2 heteroatoms. The SMILES string of the molecule is CCC1=C(C)C(OC)=CCC=N1. The third-order valence-corrected chi connectivity index (χ3v) is 2.01. The lowest BCUT2D eigenvalue weighted by Crippen LogP contribution is -1.91. The first kappa shape index (κ1) is 9.04. The Morgan fingerprint density at radius 2 is 2.33 bits per heavy atom. The third-order valence-electron chi connectivity index (χ3n) is 2.01. The van der Waals surface area contributed by atoms with Crippen LogP contribution < -0.4 is 0 Å². The van der Waals surface area contributed by atoms with Crippen molar-refractivity contribution in [2.45, 2.75) is 26.7 Å². The van der Waals surface area contributed by atoms with Crippen molar-refractivity contribution in [3.8, 4) is 0 Å². The van der Waals surface area contributed by atoms with Gasteiger partial charge in [0.05, 0.1) is 7.11 Å². The number of hydrogen-bond acceptors (Lipinski definition) is 2. The summed E-state index contributed by atoms with van der Waals surface area (Å²) in [7, 11) is 1.70. The van der Waals surface area contributed by atoms with Crippen molar-refractivity contribution in [1.29, 1.82) is 0 Å². The molecule has 0 N–H and O–H groups in total. The quantitative estimate of drug-likeness (QED) is 0.616. The molecule has 0 fully saturated rings. The zero-order valence-corrected chi connectivity index (χ0v) is 7.92. The molecule has 1 aliphatic heterocycles. The summed E-state index contributed by atoms with van der Waals surface area (Å²) in [5.74, 6) is 0.962. The van der Waals surface area contributed by atoms with E-state index in [4.69, 9.17) is 4.74 Å². The highest BCUT2D eigenvalue weighted by Crippen LogP contribution is 2.20. The van der Waals surface area contributed by atoms with Crippen LogP contribution in [0.2, 0.25) is 0 Å². The van der Waals surface area contributed by atoms with Gasteiger partial charge >= 0.3 is 0 Å². The summed E-state index contributed by atoms with van der Waals surface area (Å²) in [4.78, 5) is 4.34. The average Bonchev–Trinajstić information content (AvgIpc) is 2.27. The van der Waals surface area contributed by atoms with Crippen LogP contribution in [0.1, 0.15) is 26.7 Å². The highest BCUT2D eigenvalue weighted by molar-refractivity contribution is 5.63. The molecule has 0 saturated heterocycles. The highest BCUT2D eigenvalue weighted by atomic mass is 16.5. The van der Waals surface area contributed by atoms with Crippen molar-refractivity contribution in [2.24, 2.45) is 4.99 Å². The van der Waals surface area contributed by atoms with E-state index in [1.807, 2.05) is 6.21 Å². The van der Waals surface area contributed by atoms with Crippen LogP contribution in [0.5, 0.6) is 0 Å². The van der Waals surface area contributed by atoms with Gasteiger partial charge in [-0.15, -0.1) is 0 Å². The summed E-state index contributed by atoms with van der Waals surface area (Å²) >= 11 is 0. The molecule has 0 aromatic carbocycles. The number of aliphatic imine (C=N–C) groups is 1. The fourth-order valence-electron chi connectivity index (χ4n) is 1.31. The van der Waals surface area contributed by atoms with Gasteiger partial charge in [0.25, 0.3) is 0 Å². The Morgan fingerprint density at radius 1 is 1.58 bits per heavy atom. The van der Waals surface area contributed by atoms with Gasteiger partial charge in [0.1, 0.15) is 5.76 Å². The normalized spacial score (nSPS) is 17.4. The lowest BCUT2D eigenvalue weighted by atomic mass is 10.1. The lowest BCUT2D eigenvalue weighted by molar-refractivity contribution is 0.299. The lowest BCUT2D eigenvalue weighted by Gasteiger charge is -2.07. The minimum Gasteiger partial charge on any atom is -0.497 e. The molecule has 0 aromatic rings. The van der Waals surface area contributed by atoms with E-state index < -0.39 is 0 Å². The summed E-state index contributed by atoms with van der Waals surface area (Å²) in [5.41, 5.74) is 2.29. The van der Waals surface area contributed by atoms with E-state index in [2.05, 4.69) is 24.9 Å². The maximum Gasteiger partial charge on any atom is 0.119 e. The highest BCUT2D eigenvalue weighted by Gasteiger charge is 2.06. The molecular formula is C10H15NO. The standard InChI is InChI=1S/C10H15NO/c1-4-9-8(2)10(12-3)6-5-7-11-9/h6-7H,4-5H2,1-3H3. The van der Waals surface area contributed by atoms with Crippen LogP contribution in [0.15, 0.2) is 28.1 Å². The average molecular weight is 165 g/mol. The first-order valence-electron chi connectivity index (χ1n) is 4.26. The Labute approximate surface area is 73.6 Å². The summed E-state index contributed by atoms with van der Waals surface area (Å²) < 4.78 is 5.24. The fourth-order valence-corrected chi connectivity index (χ4v) is 1.31. The van der Waals surface area contributed by atoms with Crippen molar-refractivity contribution in [2.75, 3.05) is 7.11 Å². The molecule has 0 bridgehead atoms. The third kappa shape index (κ3) is 1.76. The fraction of sp³-hybridized carbons (Fsp3) is 0.500. The van der Waals surface area contributed by atoms with Gasteiger partial charge in [0, 0.05) is 23.9 Å². The molecule has 0 saturated carbocycles. The summed E-state index contributed by atoms with van der Waals surface area (Å²) in [6.07, 6.45) is 5.81. The zero-order chi connectivity index (χ0) is 8.97. The molecule has 0 amide bonds. The molecule has 1 rings (SSSR count). The zero-order valence-electron chi connectivity index (χ0n) is 7.92. The van der Waals surface area contributed by atoms with Gasteiger partial charge in [0.2, 0.25) is 0 Å². The Bertz CT molecular complexity index is 249. The second-order valence-corrected chi connectivity index (χ2v) is 2.75. The molecule has 12 heavy (non-hydrogen) atoms. The van der Waals surface area contributed by atoms with Crippen LogP contribution in [-0.2, 0) is 4.74 Å². The van der Waals surface area contributed by atoms with Crippen molar-refractivity contribution >= 4 is 6.21 Å². The molecule has 0 atom stereocenters. The summed E-state index contributed by atoms with van der Waals surface area (Å²) in [6.45, 7) is 4.16. The second kappa shape index (κ2) is 4.10. The van der Waals surface area contributed by atoms with Gasteiger partial charge in [-0.05, 0) is 19.4 Å². The van der Waals surface area contributed by atoms with Crippen LogP contribution in [-0.4, -0.2) is 13.3 Å². The van der Waals surface area contributed by atoms with Crippen LogP contribution in [0.4, 0.5) is 0 Å². The molecule has 0 unspecified atom stereocenters. The van der Waals surface area contributed by atoms with Gasteiger partial charge in [-0.3, -0.25) is 4.99 Å². The molecule has 2 nitrogen and oxygen atoms in total. The monoisotopic (exact) mass is 165 g/mol. The van der Waals surface area contributed by atoms with Crippen LogP contribution >= 0.6 is 0 Å². The van der Waals surface area contributed by atoms with Gasteiger partial charge in [-0.2, -0.15) is 0 Å². The van der Waals surface area contributed by atoms with Crippen molar-refractivity contribution in [3.63, 3.8) is 0 Å². The van der Waals surface area contributed by atoms with Gasteiger partial charge in [-0.1, -0.05) is 6.92 Å². The van der Waals surface area contributed by atoms with E-state index in [9.17, 15) is 0 Å². The van der Waals surface area contributed by atoms with E-state index in [1.54, 1.807) is 7.11 Å². The second-order valence-electron chi connectivity index (χ2n) is 2.75. The first-order chi connectivity index (χ1) is 5.79. The molecule has 1 aliphatic rings. The predicted octanol–water partition coefficient (Wildman–Crippen LogP) is 2.68. The number of ether oxygens (including phenoxy) is 1. The number of hydrogen-bond donors (Lipinski definition) is 0. The van der Waals surface area contributed by atoms with Crippen molar-refractivity contribution in [1.82, 2.24) is 0 Å². The summed E-state index contributed by atoms with van der Waals surface area (Å²) in [5, 5.41) is 0. The molecule has 0 aromatic heterocycles. The van der Waals surface area contributed by atoms with Crippen molar-refractivity contribution < 1.29 is 4.74 Å². The molecule has 1 heterocycles. The molecule has 0 radical (unpaired) electrons. The minimum atomic E-state index is 0.865. The molecular weight excluding hydrogens is 150 g/mol. The van der Waals surface area contributed by atoms with E-state index in [-0.39, 0.29) is 0 Å². The molecule has 0 spiro atoms. The van der Waals surface area contributed by atoms with Gasteiger partial charge in [-0.25, -0.2) is 0 Å². The van der Waals surface area contributed by atoms with Crippen molar-refractivity contribution in [3.05, 3.63) is 23.1 Å². The van der Waals surface area contributed by atoms with Crippen LogP contribution in [0, 0.1) is 0 Å². The maximum atomic E-state index is 5.24. The minimum absolute atomic E-state index is 0.865. The van der Waals surface area contributed by atoms with Crippen LogP contribution in [0.25, 0.3) is 0 Å². The number of allylic oxidation sites excluding steroid dienone is 3. The molecule has 0 aliphatic carbocycles.